The Morgan fingerprint density at radius 1 is 1.37 bits per heavy atom. The molecule has 2 unspecified atom stereocenters. The summed E-state index contributed by atoms with van der Waals surface area (Å²) in [7, 11) is 0. The number of hydrogen-bond acceptors (Lipinski definition) is 6. The molecule has 2 heterocycles. The van der Waals surface area contributed by atoms with Crippen molar-refractivity contribution in [3.8, 4) is 0 Å². The average molecular weight is 275 g/mol. The van der Waals surface area contributed by atoms with E-state index in [-0.39, 0.29) is 17.9 Å². The Kier molecular flexibility index (Phi) is 3.49. The minimum Gasteiger partial charge on any atom is -0.300 e. The third kappa shape index (κ3) is 2.62. The molecule has 0 spiro atoms. The van der Waals surface area contributed by atoms with Gasteiger partial charge in [0.05, 0.1) is 12.0 Å². The van der Waals surface area contributed by atoms with Crippen LogP contribution in [-0.2, 0) is 4.79 Å². The quantitative estimate of drug-likeness (QED) is 0.777. The molecule has 1 saturated heterocycles. The Labute approximate surface area is 114 Å². The van der Waals surface area contributed by atoms with Crippen LogP contribution in [0.4, 0.5) is 5.13 Å². The van der Waals surface area contributed by atoms with E-state index in [9.17, 15) is 4.79 Å². The van der Waals surface area contributed by atoms with Gasteiger partial charge in [0.1, 0.15) is 5.51 Å². The van der Waals surface area contributed by atoms with Crippen molar-refractivity contribution in [1.29, 1.82) is 0 Å². The van der Waals surface area contributed by atoms with Crippen molar-refractivity contribution in [2.75, 3.05) is 11.9 Å². The van der Waals surface area contributed by atoms with E-state index in [0.29, 0.717) is 11.7 Å². The van der Waals surface area contributed by atoms with Gasteiger partial charge >= 0.3 is 0 Å². The highest BCUT2D eigenvalue weighted by Gasteiger charge is 2.34. The first-order chi connectivity index (χ1) is 9.34. The van der Waals surface area contributed by atoms with E-state index in [4.69, 9.17) is 0 Å². The summed E-state index contributed by atoms with van der Waals surface area (Å²) in [6.45, 7) is 0.587. The Hall–Kier alpha value is -1.83. The summed E-state index contributed by atoms with van der Waals surface area (Å²) in [5, 5.41) is 10.8. The second-order valence-corrected chi connectivity index (χ2v) is 5.09. The Morgan fingerprint density at radius 2 is 2.21 bits per heavy atom. The van der Waals surface area contributed by atoms with Gasteiger partial charge in [0.15, 0.2) is 0 Å². The summed E-state index contributed by atoms with van der Waals surface area (Å²) in [6.07, 6.45) is 0. The van der Waals surface area contributed by atoms with Gasteiger partial charge in [-0.3, -0.25) is 10.2 Å². The van der Waals surface area contributed by atoms with Crippen LogP contribution < -0.4 is 16.2 Å². The molecule has 3 rings (SSSR count). The molecule has 98 valence electrons. The molecule has 6 nitrogen and oxygen atoms in total. The fraction of sp³-hybridized carbons (Fsp3) is 0.250. The molecule has 0 bridgehead atoms. The van der Waals surface area contributed by atoms with Gasteiger partial charge in [0.25, 0.3) is 0 Å². The minimum absolute atomic E-state index is 0.0332. The van der Waals surface area contributed by atoms with E-state index in [2.05, 4.69) is 26.4 Å². The molecule has 19 heavy (non-hydrogen) atoms. The molecule has 1 fully saturated rings. The zero-order chi connectivity index (χ0) is 13.1. The first-order valence-electron chi connectivity index (χ1n) is 5.95. The van der Waals surface area contributed by atoms with E-state index in [0.717, 1.165) is 5.56 Å². The number of nitrogens with one attached hydrogen (secondary N) is 3. The second-order valence-electron chi connectivity index (χ2n) is 4.25. The number of hydrogen-bond donors (Lipinski definition) is 3. The molecule has 3 N–H and O–H groups in total. The molecule has 1 aromatic carbocycles. The summed E-state index contributed by atoms with van der Waals surface area (Å²) in [4.78, 5) is 12.2. The maximum atomic E-state index is 12.2. The molecule has 0 saturated carbocycles. The molecule has 0 aliphatic carbocycles. The van der Waals surface area contributed by atoms with Crippen molar-refractivity contribution in [3.63, 3.8) is 0 Å². The number of benzene rings is 1. The standard InChI is InChI=1S/C12H13N5OS/c18-11(15-12-17-14-7-19-12)9-6-13-16-10(9)8-4-2-1-3-5-8/h1-5,7,9-10,13,16H,6H2,(H,15,17,18). The van der Waals surface area contributed by atoms with Crippen molar-refractivity contribution in [3.05, 3.63) is 41.4 Å². The summed E-state index contributed by atoms with van der Waals surface area (Å²) in [5.74, 6) is -0.227. The molecular formula is C12H13N5OS. The van der Waals surface area contributed by atoms with Crippen LogP contribution in [0.2, 0.25) is 0 Å². The van der Waals surface area contributed by atoms with Gasteiger partial charge < -0.3 is 5.32 Å². The van der Waals surface area contributed by atoms with Gasteiger partial charge in [0, 0.05) is 6.54 Å². The highest BCUT2D eigenvalue weighted by Crippen LogP contribution is 2.26. The van der Waals surface area contributed by atoms with Crippen LogP contribution in [0.3, 0.4) is 0 Å². The highest BCUT2D eigenvalue weighted by molar-refractivity contribution is 7.13. The SMILES string of the molecule is O=C(Nc1nncs1)C1CNNC1c1ccccc1. The van der Waals surface area contributed by atoms with Gasteiger partial charge in [-0.1, -0.05) is 41.7 Å². The zero-order valence-corrected chi connectivity index (χ0v) is 10.9. The van der Waals surface area contributed by atoms with Gasteiger partial charge in [-0.2, -0.15) is 0 Å². The monoisotopic (exact) mass is 275 g/mol. The summed E-state index contributed by atoms with van der Waals surface area (Å²) in [5.41, 5.74) is 8.86. The number of hydrazine groups is 1. The Bertz CT molecular complexity index is 545. The van der Waals surface area contributed by atoms with E-state index in [1.807, 2.05) is 30.3 Å². The minimum atomic E-state index is -0.175. The molecule has 1 aromatic heterocycles. The molecule has 2 atom stereocenters. The smallest absolute Gasteiger partial charge is 0.232 e. The van der Waals surface area contributed by atoms with E-state index < -0.39 is 0 Å². The number of anilines is 1. The Balaban J connectivity index is 1.74. The van der Waals surface area contributed by atoms with Gasteiger partial charge in [-0.25, -0.2) is 5.43 Å². The zero-order valence-electron chi connectivity index (χ0n) is 10.0. The maximum Gasteiger partial charge on any atom is 0.232 e. The van der Waals surface area contributed by atoms with Gasteiger partial charge in [-0.05, 0) is 5.56 Å². The number of nitrogens with zero attached hydrogens (tertiary/aromatic N) is 2. The third-order valence-corrected chi connectivity index (χ3v) is 3.67. The van der Waals surface area contributed by atoms with Crippen molar-refractivity contribution in [1.82, 2.24) is 21.0 Å². The lowest BCUT2D eigenvalue weighted by Crippen LogP contribution is -2.29. The van der Waals surface area contributed by atoms with Crippen molar-refractivity contribution in [2.24, 2.45) is 5.92 Å². The summed E-state index contributed by atoms with van der Waals surface area (Å²) >= 11 is 1.31. The number of carbonyl (C=O) groups excluding carboxylic acids is 1. The normalized spacial score (nSPS) is 22.3. The lowest BCUT2D eigenvalue weighted by molar-refractivity contribution is -0.119. The first-order valence-corrected chi connectivity index (χ1v) is 6.83. The molecular weight excluding hydrogens is 262 g/mol. The van der Waals surface area contributed by atoms with E-state index >= 15 is 0 Å². The van der Waals surface area contributed by atoms with Crippen molar-refractivity contribution in [2.45, 2.75) is 6.04 Å². The lowest BCUT2D eigenvalue weighted by Gasteiger charge is -2.17. The van der Waals surface area contributed by atoms with Crippen LogP contribution in [0.5, 0.6) is 0 Å². The summed E-state index contributed by atoms with van der Waals surface area (Å²) < 4.78 is 0. The number of carbonyl (C=O) groups is 1. The van der Waals surface area contributed by atoms with Crippen LogP contribution in [0.1, 0.15) is 11.6 Å². The highest BCUT2D eigenvalue weighted by atomic mass is 32.1. The fourth-order valence-electron chi connectivity index (χ4n) is 2.14. The largest absolute Gasteiger partial charge is 0.300 e. The van der Waals surface area contributed by atoms with Crippen LogP contribution in [0.15, 0.2) is 35.8 Å². The molecule has 1 amide bonds. The summed E-state index contributed by atoms with van der Waals surface area (Å²) in [6, 6.07) is 9.88. The van der Waals surface area contributed by atoms with Gasteiger partial charge in [0.2, 0.25) is 11.0 Å². The van der Waals surface area contributed by atoms with Crippen molar-refractivity contribution >= 4 is 22.4 Å². The van der Waals surface area contributed by atoms with Crippen LogP contribution in [-0.4, -0.2) is 22.6 Å². The predicted molar refractivity (Wildman–Crippen MR) is 72.4 cm³/mol. The first kappa shape index (κ1) is 12.2. The van der Waals surface area contributed by atoms with Crippen LogP contribution >= 0.6 is 11.3 Å². The molecule has 7 heteroatoms. The number of aromatic nitrogens is 2. The number of rotatable bonds is 3. The topological polar surface area (TPSA) is 78.9 Å². The van der Waals surface area contributed by atoms with Crippen LogP contribution in [0, 0.1) is 5.92 Å². The Morgan fingerprint density at radius 3 is 2.95 bits per heavy atom. The maximum absolute atomic E-state index is 12.2. The number of amides is 1. The molecule has 1 aliphatic heterocycles. The molecule has 1 aliphatic rings. The van der Waals surface area contributed by atoms with E-state index in [1.54, 1.807) is 5.51 Å². The molecule has 0 radical (unpaired) electrons. The average Bonchev–Trinajstić information content (AvgIpc) is 3.10. The van der Waals surface area contributed by atoms with E-state index in [1.165, 1.54) is 11.3 Å². The predicted octanol–water partition coefficient (Wildman–Crippen LogP) is 0.942. The third-order valence-electron chi connectivity index (χ3n) is 3.07. The van der Waals surface area contributed by atoms with Crippen molar-refractivity contribution < 1.29 is 4.79 Å². The molecule has 2 aromatic rings. The van der Waals surface area contributed by atoms with Gasteiger partial charge in [-0.15, -0.1) is 10.2 Å². The van der Waals surface area contributed by atoms with Crippen LogP contribution in [0.25, 0.3) is 0 Å². The second kappa shape index (κ2) is 5.43. The lowest BCUT2D eigenvalue weighted by atomic mass is 9.94. The fourth-order valence-corrected chi connectivity index (χ4v) is 2.59.